The fourth-order valence-electron chi connectivity index (χ4n) is 1.85. The van der Waals surface area contributed by atoms with Crippen LogP contribution < -0.4 is 10.6 Å². The zero-order valence-electron chi connectivity index (χ0n) is 12.2. The van der Waals surface area contributed by atoms with Gasteiger partial charge in [0, 0.05) is 19.8 Å². The summed E-state index contributed by atoms with van der Waals surface area (Å²) in [5, 5.41) is 6.29. The van der Waals surface area contributed by atoms with E-state index >= 15 is 0 Å². The van der Waals surface area contributed by atoms with Gasteiger partial charge < -0.3 is 10.6 Å². The molecular formula is C14H25BrN4. The molecular weight excluding hydrogens is 304 g/mol. The molecule has 0 unspecified atom stereocenters. The Morgan fingerprint density at radius 3 is 2.63 bits per heavy atom. The molecule has 19 heavy (non-hydrogen) atoms. The summed E-state index contributed by atoms with van der Waals surface area (Å²) in [7, 11) is 1.82. The van der Waals surface area contributed by atoms with Crippen LogP contribution in [0.4, 0.5) is 11.8 Å². The van der Waals surface area contributed by atoms with Crippen molar-refractivity contribution in [3.05, 3.63) is 10.7 Å². The summed E-state index contributed by atoms with van der Waals surface area (Å²) in [4.78, 5) is 8.50. The number of nitrogens with zero attached hydrogens (tertiary/aromatic N) is 2. The van der Waals surface area contributed by atoms with Gasteiger partial charge in [-0.25, -0.2) is 4.98 Å². The second-order valence-corrected chi connectivity index (χ2v) is 6.02. The lowest BCUT2D eigenvalue weighted by molar-refractivity contribution is 0.523. The molecule has 0 amide bonds. The first-order valence-corrected chi connectivity index (χ1v) is 7.87. The van der Waals surface area contributed by atoms with Crippen LogP contribution in [0.25, 0.3) is 0 Å². The summed E-state index contributed by atoms with van der Waals surface area (Å²) in [5.41, 5.74) is 0. The maximum absolute atomic E-state index is 4.37. The van der Waals surface area contributed by atoms with E-state index in [0.717, 1.165) is 22.8 Å². The minimum Gasteiger partial charge on any atom is -0.369 e. The van der Waals surface area contributed by atoms with E-state index in [1.54, 1.807) is 6.20 Å². The van der Waals surface area contributed by atoms with Crippen molar-refractivity contribution in [3.63, 3.8) is 0 Å². The van der Waals surface area contributed by atoms with E-state index in [0.29, 0.717) is 5.95 Å². The first-order valence-electron chi connectivity index (χ1n) is 7.07. The van der Waals surface area contributed by atoms with Gasteiger partial charge in [0.25, 0.3) is 0 Å². The van der Waals surface area contributed by atoms with E-state index in [-0.39, 0.29) is 0 Å². The molecule has 0 atom stereocenters. The zero-order chi connectivity index (χ0) is 14.1. The molecule has 2 N–H and O–H groups in total. The van der Waals surface area contributed by atoms with Crippen LogP contribution in [-0.4, -0.2) is 23.6 Å². The van der Waals surface area contributed by atoms with Crippen molar-refractivity contribution >= 4 is 27.7 Å². The van der Waals surface area contributed by atoms with Gasteiger partial charge in [0.05, 0.1) is 4.47 Å². The van der Waals surface area contributed by atoms with Gasteiger partial charge in [-0.3, -0.25) is 0 Å². The maximum atomic E-state index is 4.37. The summed E-state index contributed by atoms with van der Waals surface area (Å²) < 4.78 is 0.909. The van der Waals surface area contributed by atoms with E-state index in [1.807, 2.05) is 7.05 Å². The molecule has 1 heterocycles. The first kappa shape index (κ1) is 16.2. The summed E-state index contributed by atoms with van der Waals surface area (Å²) in [6.07, 6.45) is 8.25. The smallest absolute Gasteiger partial charge is 0.224 e. The lowest BCUT2D eigenvalue weighted by atomic mass is 10.0. The lowest BCUT2D eigenvalue weighted by Crippen LogP contribution is -2.06. The quantitative estimate of drug-likeness (QED) is 0.663. The topological polar surface area (TPSA) is 49.8 Å². The predicted molar refractivity (Wildman–Crippen MR) is 85.7 cm³/mol. The molecule has 5 heteroatoms. The Balaban J connectivity index is 2.18. The van der Waals surface area contributed by atoms with Crippen LogP contribution in [0, 0.1) is 5.92 Å². The Morgan fingerprint density at radius 2 is 1.95 bits per heavy atom. The van der Waals surface area contributed by atoms with Crippen molar-refractivity contribution in [1.82, 2.24) is 9.97 Å². The van der Waals surface area contributed by atoms with Crippen LogP contribution in [0.3, 0.4) is 0 Å². The number of halogens is 1. The fraction of sp³-hybridized carbons (Fsp3) is 0.714. The molecule has 0 bridgehead atoms. The molecule has 0 aliphatic carbocycles. The zero-order valence-corrected chi connectivity index (χ0v) is 13.8. The van der Waals surface area contributed by atoms with Crippen molar-refractivity contribution in [2.75, 3.05) is 24.2 Å². The molecule has 1 aromatic heterocycles. The van der Waals surface area contributed by atoms with Crippen molar-refractivity contribution in [1.29, 1.82) is 0 Å². The highest BCUT2D eigenvalue weighted by Crippen LogP contribution is 2.20. The Morgan fingerprint density at radius 1 is 1.21 bits per heavy atom. The number of unbranched alkanes of at least 4 members (excludes halogenated alkanes) is 3. The van der Waals surface area contributed by atoms with Crippen LogP contribution in [0.15, 0.2) is 10.7 Å². The number of aromatic nitrogens is 2. The van der Waals surface area contributed by atoms with Gasteiger partial charge in [0.1, 0.15) is 5.82 Å². The van der Waals surface area contributed by atoms with Gasteiger partial charge >= 0.3 is 0 Å². The predicted octanol–water partition coefficient (Wildman–Crippen LogP) is 4.30. The van der Waals surface area contributed by atoms with Crippen molar-refractivity contribution in [2.45, 2.75) is 46.0 Å². The number of hydrogen-bond donors (Lipinski definition) is 2. The summed E-state index contributed by atoms with van der Waals surface area (Å²) in [6, 6.07) is 0. The third-order valence-corrected chi connectivity index (χ3v) is 3.55. The van der Waals surface area contributed by atoms with Gasteiger partial charge in [-0.15, -0.1) is 0 Å². The average molecular weight is 329 g/mol. The van der Waals surface area contributed by atoms with Gasteiger partial charge in [-0.05, 0) is 28.3 Å². The summed E-state index contributed by atoms with van der Waals surface area (Å²) in [6.45, 7) is 5.53. The third-order valence-electron chi connectivity index (χ3n) is 2.97. The molecule has 0 aromatic carbocycles. The molecule has 108 valence electrons. The molecule has 0 spiro atoms. The second kappa shape index (κ2) is 9.13. The second-order valence-electron chi connectivity index (χ2n) is 5.16. The Labute approximate surface area is 124 Å². The Kier molecular flexibility index (Phi) is 7.79. The minimum atomic E-state index is 0.641. The fourth-order valence-corrected chi connectivity index (χ4v) is 2.18. The van der Waals surface area contributed by atoms with E-state index in [4.69, 9.17) is 0 Å². The largest absolute Gasteiger partial charge is 0.369 e. The van der Waals surface area contributed by atoms with E-state index in [9.17, 15) is 0 Å². The molecule has 0 aliphatic rings. The minimum absolute atomic E-state index is 0.641. The van der Waals surface area contributed by atoms with Crippen molar-refractivity contribution in [3.8, 4) is 0 Å². The monoisotopic (exact) mass is 328 g/mol. The Bertz CT molecular complexity index is 368. The van der Waals surface area contributed by atoms with Crippen LogP contribution in [0.1, 0.15) is 46.0 Å². The molecule has 0 aliphatic heterocycles. The maximum Gasteiger partial charge on any atom is 0.224 e. The molecule has 0 fully saturated rings. The molecule has 0 radical (unpaired) electrons. The van der Waals surface area contributed by atoms with Crippen LogP contribution in [-0.2, 0) is 0 Å². The normalized spacial score (nSPS) is 10.8. The van der Waals surface area contributed by atoms with Crippen molar-refractivity contribution < 1.29 is 0 Å². The molecule has 1 aromatic rings. The number of rotatable bonds is 9. The summed E-state index contributed by atoms with van der Waals surface area (Å²) in [5.74, 6) is 2.33. The molecule has 0 saturated heterocycles. The number of nitrogens with one attached hydrogen (secondary N) is 2. The van der Waals surface area contributed by atoms with Crippen LogP contribution in [0.2, 0.25) is 0 Å². The number of hydrogen-bond acceptors (Lipinski definition) is 4. The van der Waals surface area contributed by atoms with Gasteiger partial charge in [0.15, 0.2) is 0 Å². The molecule has 4 nitrogen and oxygen atoms in total. The number of anilines is 2. The van der Waals surface area contributed by atoms with E-state index < -0.39 is 0 Å². The molecule has 0 saturated carbocycles. The highest BCUT2D eigenvalue weighted by Gasteiger charge is 2.03. The Hall–Kier alpha value is -0.840. The highest BCUT2D eigenvalue weighted by molar-refractivity contribution is 9.10. The SMILES string of the molecule is CNc1ncc(Br)c(NCCCCCCC(C)C)n1. The molecule has 1 rings (SSSR count). The lowest BCUT2D eigenvalue weighted by Gasteiger charge is -2.09. The standard InChI is InChI=1S/C14H25BrN4/c1-11(2)8-6-4-5-7-9-17-13-12(15)10-18-14(16-3)19-13/h10-11H,4-9H2,1-3H3,(H2,16,17,18,19). The van der Waals surface area contributed by atoms with Gasteiger partial charge in [0.2, 0.25) is 5.95 Å². The van der Waals surface area contributed by atoms with Gasteiger partial charge in [-0.2, -0.15) is 4.98 Å². The first-order chi connectivity index (χ1) is 9.13. The van der Waals surface area contributed by atoms with Gasteiger partial charge in [-0.1, -0.05) is 39.5 Å². The summed E-state index contributed by atoms with van der Waals surface area (Å²) >= 11 is 3.45. The third kappa shape index (κ3) is 6.76. The van der Waals surface area contributed by atoms with E-state index in [2.05, 4.69) is 50.4 Å². The average Bonchev–Trinajstić information content (AvgIpc) is 2.39. The highest BCUT2D eigenvalue weighted by atomic mass is 79.9. The van der Waals surface area contributed by atoms with Crippen molar-refractivity contribution in [2.24, 2.45) is 5.92 Å². The van der Waals surface area contributed by atoms with E-state index in [1.165, 1.54) is 32.1 Å². The van der Waals surface area contributed by atoms with Crippen LogP contribution in [0.5, 0.6) is 0 Å². The van der Waals surface area contributed by atoms with Crippen LogP contribution >= 0.6 is 15.9 Å².